The summed E-state index contributed by atoms with van der Waals surface area (Å²) in [5.41, 5.74) is 3.04. The van der Waals surface area contributed by atoms with Gasteiger partial charge in [-0.3, -0.25) is 4.79 Å². The van der Waals surface area contributed by atoms with Crippen LogP contribution in [-0.2, 0) is 20.7 Å². The van der Waals surface area contributed by atoms with Crippen LogP contribution in [0.1, 0.15) is 12.0 Å². The van der Waals surface area contributed by atoms with Crippen molar-refractivity contribution in [3.63, 3.8) is 0 Å². The summed E-state index contributed by atoms with van der Waals surface area (Å²) in [6, 6.07) is 8.62. The lowest BCUT2D eigenvalue weighted by Gasteiger charge is -2.37. The Bertz CT molecular complexity index is 995. The van der Waals surface area contributed by atoms with Crippen LogP contribution in [0.3, 0.4) is 0 Å². The lowest BCUT2D eigenvalue weighted by atomic mass is 10.00. The molecule has 30 heavy (non-hydrogen) atoms. The lowest BCUT2D eigenvalue weighted by Crippen LogP contribution is -2.57. The number of carbonyl (C=O) groups excluding carboxylic acids is 1. The van der Waals surface area contributed by atoms with Gasteiger partial charge in [0.2, 0.25) is 5.91 Å². The summed E-state index contributed by atoms with van der Waals surface area (Å²) in [7, 11) is -4.16. The molecule has 0 aliphatic carbocycles. The van der Waals surface area contributed by atoms with Crippen molar-refractivity contribution >= 4 is 33.5 Å². The molecule has 1 amide bonds. The average Bonchev–Trinajstić information content (AvgIpc) is 2.68. The summed E-state index contributed by atoms with van der Waals surface area (Å²) >= 11 is 5.84. The number of phenolic OH excluding ortho intramolecular Hbond substituents is 1. The molecule has 2 aromatic rings. The number of aromatic nitrogens is 1. The van der Waals surface area contributed by atoms with Crippen molar-refractivity contribution in [3.8, 4) is 5.75 Å². The number of nitrogens with two attached hydrogens (primary N) is 1. The molecular formula is C18H22ClN5O5S. The number of piperazine rings is 1. The quantitative estimate of drug-likeness (QED) is 0.433. The third-order valence-electron chi connectivity index (χ3n) is 4.69. The van der Waals surface area contributed by atoms with E-state index in [1.165, 1.54) is 34.8 Å². The first-order chi connectivity index (χ1) is 14.1. The highest BCUT2D eigenvalue weighted by molar-refractivity contribution is 7.87. The number of pyridine rings is 1. The molecule has 10 nitrogen and oxygen atoms in total. The summed E-state index contributed by atoms with van der Waals surface area (Å²) in [6.45, 7) is 1.04. The molecule has 0 spiro atoms. The Balaban J connectivity index is 1.74. The highest BCUT2D eigenvalue weighted by Crippen LogP contribution is 2.26. The number of nitrogens with one attached hydrogen (secondary N) is 1. The number of aliphatic hydroxyl groups is 1. The number of benzene rings is 1. The van der Waals surface area contributed by atoms with Gasteiger partial charge in [0.05, 0.1) is 11.4 Å². The van der Waals surface area contributed by atoms with Crippen molar-refractivity contribution in [2.24, 2.45) is 5.73 Å². The zero-order chi connectivity index (χ0) is 21.9. The Morgan fingerprint density at radius 3 is 2.33 bits per heavy atom. The summed E-state index contributed by atoms with van der Waals surface area (Å²) < 4.78 is 29.2. The van der Waals surface area contributed by atoms with Gasteiger partial charge < -0.3 is 20.8 Å². The fourth-order valence-electron chi connectivity index (χ4n) is 3.18. The normalized spacial score (nSPS) is 17.5. The molecule has 0 bridgehead atoms. The third kappa shape index (κ3) is 5.18. The summed E-state index contributed by atoms with van der Waals surface area (Å²) in [6.07, 6.45) is 0.842. The molecule has 12 heteroatoms. The van der Waals surface area contributed by atoms with E-state index in [1.807, 2.05) is 4.90 Å². The Hall–Kier alpha value is -2.44. The predicted octanol–water partition coefficient (Wildman–Crippen LogP) is 0.118. The van der Waals surface area contributed by atoms with Crippen LogP contribution >= 0.6 is 11.6 Å². The van der Waals surface area contributed by atoms with E-state index in [-0.39, 0.29) is 24.4 Å². The minimum absolute atomic E-state index is 0.0741. The molecule has 162 valence electrons. The summed E-state index contributed by atoms with van der Waals surface area (Å²) in [5, 5.41) is 20.9. The molecule has 1 atom stereocenters. The van der Waals surface area contributed by atoms with E-state index in [1.54, 1.807) is 12.1 Å². The minimum atomic E-state index is -4.16. The van der Waals surface area contributed by atoms with Gasteiger partial charge in [0.1, 0.15) is 11.6 Å². The number of halogens is 1. The van der Waals surface area contributed by atoms with E-state index in [0.717, 1.165) is 0 Å². The number of hydrogen-bond donors (Lipinski definition) is 4. The molecule has 0 unspecified atom stereocenters. The Labute approximate surface area is 179 Å². The van der Waals surface area contributed by atoms with Gasteiger partial charge in [-0.05, 0) is 24.3 Å². The molecule has 1 aliphatic rings. The van der Waals surface area contributed by atoms with Crippen molar-refractivity contribution in [1.82, 2.24) is 14.0 Å². The van der Waals surface area contributed by atoms with Gasteiger partial charge in [0.25, 0.3) is 10.2 Å². The number of nitrogens with zero attached hydrogens (tertiary/aromatic N) is 3. The highest BCUT2D eigenvalue weighted by atomic mass is 35.5. The van der Waals surface area contributed by atoms with E-state index in [9.17, 15) is 23.4 Å². The third-order valence-corrected chi connectivity index (χ3v) is 6.55. The molecule has 1 aromatic carbocycles. The number of hydrogen-bond acceptors (Lipinski definition) is 7. The van der Waals surface area contributed by atoms with E-state index >= 15 is 0 Å². The van der Waals surface area contributed by atoms with Crippen LogP contribution in [0.2, 0.25) is 5.02 Å². The molecule has 0 radical (unpaired) electrons. The van der Waals surface area contributed by atoms with Gasteiger partial charge in [-0.15, -0.1) is 0 Å². The van der Waals surface area contributed by atoms with Crippen LogP contribution in [0.5, 0.6) is 5.75 Å². The maximum atomic E-state index is 12.9. The van der Waals surface area contributed by atoms with Gasteiger partial charge in [-0.25, -0.2) is 4.98 Å². The first-order valence-corrected chi connectivity index (χ1v) is 10.9. The van der Waals surface area contributed by atoms with E-state index in [4.69, 9.17) is 17.3 Å². The SMILES string of the molecule is NC(=O)C[C@](O)(NS(=O)(=O)N1CCN(c2ccc(Cl)cn2)CC1)c1ccc(O)cc1. The summed E-state index contributed by atoms with van der Waals surface area (Å²) in [5.74, 6) is -0.291. The molecule has 3 rings (SSSR count). The van der Waals surface area contributed by atoms with Gasteiger partial charge in [-0.2, -0.15) is 17.4 Å². The number of primary amides is 1. The number of phenols is 1. The molecule has 1 fully saturated rings. The first-order valence-electron chi connectivity index (χ1n) is 9.05. The van der Waals surface area contributed by atoms with Gasteiger partial charge in [0, 0.05) is 37.9 Å². The van der Waals surface area contributed by atoms with Crippen LogP contribution in [0.15, 0.2) is 42.6 Å². The number of aromatic hydroxyl groups is 1. The topological polar surface area (TPSA) is 149 Å². The largest absolute Gasteiger partial charge is 0.508 e. The van der Waals surface area contributed by atoms with E-state index in [0.29, 0.717) is 23.9 Å². The highest BCUT2D eigenvalue weighted by Gasteiger charge is 2.39. The molecule has 1 saturated heterocycles. The maximum absolute atomic E-state index is 12.9. The standard InChI is InChI=1S/C18H22ClN5O5S/c19-14-3-6-17(21-12-14)23-7-9-24(10-8-23)30(28,29)22-18(27,11-16(20)26)13-1-4-15(25)5-2-13/h1-6,12,22,25,27H,7-11H2,(H2,20,26)/t18-/m1/s1. The van der Waals surface area contributed by atoms with E-state index < -0.39 is 28.3 Å². The van der Waals surface area contributed by atoms with Crippen molar-refractivity contribution < 1.29 is 23.4 Å². The molecule has 1 aliphatic heterocycles. The Kier molecular flexibility index (Phi) is 6.48. The number of rotatable bonds is 7. The fourth-order valence-corrected chi connectivity index (χ4v) is 4.68. The zero-order valence-corrected chi connectivity index (χ0v) is 17.5. The van der Waals surface area contributed by atoms with Crippen molar-refractivity contribution in [2.45, 2.75) is 12.1 Å². The van der Waals surface area contributed by atoms with Crippen molar-refractivity contribution in [3.05, 3.63) is 53.2 Å². The Morgan fingerprint density at radius 2 is 1.80 bits per heavy atom. The first kappa shape index (κ1) is 22.2. The zero-order valence-electron chi connectivity index (χ0n) is 15.9. The van der Waals surface area contributed by atoms with Crippen LogP contribution < -0.4 is 15.4 Å². The number of anilines is 1. The minimum Gasteiger partial charge on any atom is -0.508 e. The van der Waals surface area contributed by atoms with Crippen LogP contribution in [0, 0.1) is 0 Å². The molecule has 5 N–H and O–H groups in total. The van der Waals surface area contributed by atoms with Gasteiger partial charge in [-0.1, -0.05) is 23.7 Å². The molecular weight excluding hydrogens is 434 g/mol. The smallest absolute Gasteiger partial charge is 0.282 e. The average molecular weight is 456 g/mol. The van der Waals surface area contributed by atoms with Crippen molar-refractivity contribution in [2.75, 3.05) is 31.1 Å². The van der Waals surface area contributed by atoms with Crippen LogP contribution in [0.4, 0.5) is 5.82 Å². The second kappa shape index (κ2) is 8.74. The Morgan fingerprint density at radius 1 is 1.17 bits per heavy atom. The molecule has 2 heterocycles. The lowest BCUT2D eigenvalue weighted by molar-refractivity contribution is -0.123. The van der Waals surface area contributed by atoms with Crippen LogP contribution in [-0.4, -0.2) is 60.0 Å². The van der Waals surface area contributed by atoms with Crippen molar-refractivity contribution in [1.29, 1.82) is 0 Å². The monoisotopic (exact) mass is 455 g/mol. The summed E-state index contributed by atoms with van der Waals surface area (Å²) in [4.78, 5) is 17.6. The molecule has 0 saturated carbocycles. The maximum Gasteiger partial charge on any atom is 0.282 e. The van der Waals surface area contributed by atoms with E-state index in [2.05, 4.69) is 9.71 Å². The second-order valence-corrected chi connectivity index (χ2v) is 8.99. The second-order valence-electron chi connectivity index (χ2n) is 6.88. The number of carbonyl (C=O) groups is 1. The fraction of sp³-hybridized carbons (Fsp3) is 0.333. The predicted molar refractivity (Wildman–Crippen MR) is 111 cm³/mol. The van der Waals surface area contributed by atoms with Gasteiger partial charge in [0.15, 0.2) is 5.72 Å². The van der Waals surface area contributed by atoms with Crippen LogP contribution in [0.25, 0.3) is 0 Å². The molecule has 1 aromatic heterocycles. The van der Waals surface area contributed by atoms with Gasteiger partial charge >= 0.3 is 0 Å². The number of amides is 1.